The van der Waals surface area contributed by atoms with Gasteiger partial charge in [-0.15, -0.1) is 0 Å². The lowest BCUT2D eigenvalue weighted by atomic mass is 10.1. The van der Waals surface area contributed by atoms with Crippen molar-refractivity contribution in [3.05, 3.63) is 15.9 Å². The van der Waals surface area contributed by atoms with Crippen LogP contribution in [-0.4, -0.2) is 22.4 Å². The molecule has 1 aromatic heterocycles. The van der Waals surface area contributed by atoms with Crippen LogP contribution < -0.4 is 10.3 Å². The molecule has 15 heavy (non-hydrogen) atoms. The van der Waals surface area contributed by atoms with E-state index in [9.17, 15) is 4.79 Å². The zero-order chi connectivity index (χ0) is 11.0. The summed E-state index contributed by atoms with van der Waals surface area (Å²) in [5, 5.41) is 0.779. The third-order valence-electron chi connectivity index (χ3n) is 2.45. The minimum absolute atomic E-state index is 0.0526. The Labute approximate surface area is 92.7 Å². The normalized spacial score (nSPS) is 14.4. The van der Waals surface area contributed by atoms with Crippen LogP contribution >= 0.6 is 11.8 Å². The molecule has 0 saturated carbocycles. The van der Waals surface area contributed by atoms with Crippen LogP contribution in [0.15, 0.2) is 9.95 Å². The Morgan fingerprint density at radius 2 is 2.27 bits per heavy atom. The second kappa shape index (κ2) is 3.89. The average Bonchev–Trinajstić information content (AvgIpc) is 2.64. The quantitative estimate of drug-likeness (QED) is 0.716. The van der Waals surface area contributed by atoms with Gasteiger partial charge in [-0.05, 0) is 5.92 Å². The first-order valence-electron chi connectivity index (χ1n) is 4.96. The maximum absolute atomic E-state index is 12.1. The second-order valence-electron chi connectivity index (χ2n) is 3.78. The monoisotopic (exact) mass is 226 g/mol. The maximum atomic E-state index is 12.1. The molecule has 4 nitrogen and oxygen atoms in total. The van der Waals surface area contributed by atoms with Gasteiger partial charge in [-0.2, -0.15) is 4.98 Å². The Hall–Kier alpha value is -0.970. The number of nitrogens with zero attached hydrogens (tertiary/aromatic N) is 2. The van der Waals surface area contributed by atoms with Gasteiger partial charge in [0.25, 0.3) is 5.56 Å². The van der Waals surface area contributed by atoms with Crippen LogP contribution in [0.25, 0.3) is 0 Å². The lowest BCUT2D eigenvalue weighted by Gasteiger charge is -2.12. The van der Waals surface area contributed by atoms with Gasteiger partial charge in [0.05, 0.1) is 12.7 Å². The van der Waals surface area contributed by atoms with E-state index >= 15 is 0 Å². The molecule has 0 amide bonds. The minimum atomic E-state index is 0.0526. The Bertz CT molecular complexity index is 440. The van der Waals surface area contributed by atoms with Gasteiger partial charge in [0.1, 0.15) is 0 Å². The summed E-state index contributed by atoms with van der Waals surface area (Å²) in [7, 11) is 1.56. The molecule has 0 bridgehead atoms. The van der Waals surface area contributed by atoms with Crippen molar-refractivity contribution < 1.29 is 4.74 Å². The zero-order valence-electron chi connectivity index (χ0n) is 9.11. The number of fused-ring (bicyclic) bond motifs is 1. The summed E-state index contributed by atoms with van der Waals surface area (Å²) in [4.78, 5) is 16.5. The van der Waals surface area contributed by atoms with E-state index in [0.717, 1.165) is 17.5 Å². The lowest BCUT2D eigenvalue weighted by molar-refractivity contribution is 0.377. The van der Waals surface area contributed by atoms with E-state index < -0.39 is 0 Å². The molecule has 0 aliphatic carbocycles. The summed E-state index contributed by atoms with van der Waals surface area (Å²) in [6.45, 7) is 4.72. The molecule has 0 aromatic carbocycles. The first-order valence-corrected chi connectivity index (χ1v) is 5.95. The highest BCUT2D eigenvalue weighted by molar-refractivity contribution is 7.99. The molecule has 0 unspecified atom stereocenters. The van der Waals surface area contributed by atoms with Crippen LogP contribution in [0.3, 0.4) is 0 Å². The fraction of sp³-hybridized carbons (Fsp3) is 0.600. The summed E-state index contributed by atoms with van der Waals surface area (Å²) < 4.78 is 6.91. The number of hydrogen-bond donors (Lipinski definition) is 0. The Kier molecular flexibility index (Phi) is 2.73. The SMILES string of the molecule is COc1nc2n(c(=O)c1C(C)C)CCS2. The van der Waals surface area contributed by atoms with E-state index in [2.05, 4.69) is 4.98 Å². The van der Waals surface area contributed by atoms with Gasteiger partial charge in [0, 0.05) is 12.3 Å². The molecule has 82 valence electrons. The maximum Gasteiger partial charge on any atom is 0.261 e. The number of aromatic nitrogens is 2. The van der Waals surface area contributed by atoms with E-state index in [1.54, 1.807) is 23.4 Å². The van der Waals surface area contributed by atoms with Crippen molar-refractivity contribution in [3.8, 4) is 5.88 Å². The van der Waals surface area contributed by atoms with Gasteiger partial charge in [0.2, 0.25) is 5.88 Å². The van der Waals surface area contributed by atoms with Crippen LogP contribution in [0.1, 0.15) is 25.3 Å². The fourth-order valence-electron chi connectivity index (χ4n) is 1.72. The molecule has 1 aliphatic rings. The Morgan fingerprint density at radius 1 is 1.53 bits per heavy atom. The highest BCUT2D eigenvalue weighted by atomic mass is 32.2. The summed E-state index contributed by atoms with van der Waals surface area (Å²) >= 11 is 1.60. The largest absolute Gasteiger partial charge is 0.481 e. The van der Waals surface area contributed by atoms with E-state index in [1.807, 2.05) is 13.8 Å². The second-order valence-corrected chi connectivity index (χ2v) is 4.84. The summed E-state index contributed by atoms with van der Waals surface area (Å²) in [5.74, 6) is 1.55. The molecule has 5 heteroatoms. The van der Waals surface area contributed by atoms with Gasteiger partial charge in [-0.25, -0.2) is 0 Å². The molecule has 1 aromatic rings. The van der Waals surface area contributed by atoms with Gasteiger partial charge >= 0.3 is 0 Å². The van der Waals surface area contributed by atoms with Crippen LogP contribution in [-0.2, 0) is 6.54 Å². The minimum Gasteiger partial charge on any atom is -0.481 e. The standard InChI is InChI=1S/C10H14N2O2S/c1-6(2)7-8(14-3)11-10-12(9(7)13)4-5-15-10/h6H,4-5H2,1-3H3. The first kappa shape index (κ1) is 10.5. The van der Waals surface area contributed by atoms with Gasteiger partial charge in [-0.1, -0.05) is 25.6 Å². The van der Waals surface area contributed by atoms with Crippen LogP contribution in [0.5, 0.6) is 5.88 Å². The first-order chi connectivity index (χ1) is 7.15. The fourth-order valence-corrected chi connectivity index (χ4v) is 2.65. The van der Waals surface area contributed by atoms with E-state index in [-0.39, 0.29) is 11.5 Å². The molecule has 0 spiro atoms. The van der Waals surface area contributed by atoms with Crippen molar-refractivity contribution >= 4 is 11.8 Å². The van der Waals surface area contributed by atoms with E-state index in [0.29, 0.717) is 11.4 Å². The molecule has 0 N–H and O–H groups in total. The molecular formula is C10H14N2O2S. The molecule has 0 radical (unpaired) electrons. The average molecular weight is 226 g/mol. The highest BCUT2D eigenvalue weighted by Crippen LogP contribution is 2.27. The highest BCUT2D eigenvalue weighted by Gasteiger charge is 2.22. The predicted molar refractivity (Wildman–Crippen MR) is 59.9 cm³/mol. The molecule has 0 fully saturated rings. The lowest BCUT2D eigenvalue weighted by Crippen LogP contribution is -2.25. The van der Waals surface area contributed by atoms with Gasteiger partial charge in [0.15, 0.2) is 5.16 Å². The van der Waals surface area contributed by atoms with Crippen LogP contribution in [0.4, 0.5) is 0 Å². The zero-order valence-corrected chi connectivity index (χ0v) is 9.93. The predicted octanol–water partition coefficient (Wildman–Crippen LogP) is 1.48. The summed E-state index contributed by atoms with van der Waals surface area (Å²) in [5.41, 5.74) is 0.737. The third-order valence-corrected chi connectivity index (χ3v) is 3.41. The Balaban J connectivity index is 2.68. The number of thioether (sulfide) groups is 1. The molecule has 1 aliphatic heterocycles. The molecular weight excluding hydrogens is 212 g/mol. The summed E-state index contributed by atoms with van der Waals surface area (Å²) in [6.07, 6.45) is 0. The molecule has 2 heterocycles. The van der Waals surface area contributed by atoms with Gasteiger partial charge < -0.3 is 4.74 Å². The third kappa shape index (κ3) is 1.65. The van der Waals surface area contributed by atoms with Crippen molar-refractivity contribution in [2.45, 2.75) is 31.5 Å². The number of hydrogen-bond acceptors (Lipinski definition) is 4. The van der Waals surface area contributed by atoms with E-state index in [4.69, 9.17) is 4.74 Å². The smallest absolute Gasteiger partial charge is 0.261 e. The summed E-state index contributed by atoms with van der Waals surface area (Å²) in [6, 6.07) is 0. The number of ether oxygens (including phenoxy) is 1. The van der Waals surface area contributed by atoms with Gasteiger partial charge in [-0.3, -0.25) is 9.36 Å². The van der Waals surface area contributed by atoms with E-state index in [1.165, 1.54) is 0 Å². The van der Waals surface area contributed by atoms with Crippen LogP contribution in [0, 0.1) is 0 Å². The molecule has 0 atom stereocenters. The number of rotatable bonds is 2. The number of methoxy groups -OCH3 is 1. The van der Waals surface area contributed by atoms with Crippen molar-refractivity contribution in [3.63, 3.8) is 0 Å². The van der Waals surface area contributed by atoms with Crippen molar-refractivity contribution in [2.24, 2.45) is 0 Å². The Morgan fingerprint density at radius 3 is 2.87 bits per heavy atom. The topological polar surface area (TPSA) is 44.1 Å². The van der Waals surface area contributed by atoms with Crippen molar-refractivity contribution in [1.29, 1.82) is 0 Å². The van der Waals surface area contributed by atoms with Crippen molar-refractivity contribution in [1.82, 2.24) is 9.55 Å². The van der Waals surface area contributed by atoms with Crippen molar-refractivity contribution in [2.75, 3.05) is 12.9 Å². The van der Waals surface area contributed by atoms with Crippen LogP contribution in [0.2, 0.25) is 0 Å². The molecule has 0 saturated heterocycles. The molecule has 2 rings (SSSR count).